The van der Waals surface area contributed by atoms with Crippen molar-refractivity contribution in [1.82, 2.24) is 19.8 Å². The molecule has 0 spiro atoms. The molecular formula is C22H27ClN4O2. The molecule has 2 unspecified atom stereocenters. The standard InChI is InChI=1S/C22H27ClN4O2/c1-13(28)12-26(7-5-24-18-9-16-8-17(16)10-18)22(29)21-20(23)19-11-15(14-2-3-14)4-6-27(19)25-21/h4,6,11,14,16-18,24H,2-3,5,7-10,12H2,1H3. The van der Waals surface area contributed by atoms with E-state index in [1.165, 1.54) is 44.6 Å². The Morgan fingerprint density at radius 3 is 2.72 bits per heavy atom. The summed E-state index contributed by atoms with van der Waals surface area (Å²) < 4.78 is 1.66. The van der Waals surface area contributed by atoms with E-state index in [1.807, 2.05) is 18.3 Å². The molecule has 0 bridgehead atoms. The average Bonchev–Trinajstić information content (AvgIpc) is 3.61. The van der Waals surface area contributed by atoms with Gasteiger partial charge in [0.1, 0.15) is 5.78 Å². The van der Waals surface area contributed by atoms with Crippen LogP contribution in [0.4, 0.5) is 0 Å². The van der Waals surface area contributed by atoms with E-state index in [-0.39, 0.29) is 23.9 Å². The second kappa shape index (κ2) is 7.40. The third-order valence-electron chi connectivity index (χ3n) is 6.61. The lowest BCUT2D eigenvalue weighted by Crippen LogP contribution is -2.42. The number of ketones is 1. The summed E-state index contributed by atoms with van der Waals surface area (Å²) in [7, 11) is 0. The molecular weight excluding hydrogens is 388 g/mol. The molecule has 2 aromatic rings. The number of rotatable bonds is 8. The van der Waals surface area contributed by atoms with Crippen molar-refractivity contribution in [2.45, 2.75) is 51.0 Å². The number of hydrogen-bond donors (Lipinski definition) is 1. The molecule has 29 heavy (non-hydrogen) atoms. The molecule has 2 aromatic heterocycles. The van der Waals surface area contributed by atoms with Crippen molar-refractivity contribution in [1.29, 1.82) is 0 Å². The number of hydrogen-bond acceptors (Lipinski definition) is 4. The van der Waals surface area contributed by atoms with Crippen LogP contribution < -0.4 is 5.32 Å². The van der Waals surface area contributed by atoms with Crippen molar-refractivity contribution in [3.8, 4) is 0 Å². The van der Waals surface area contributed by atoms with E-state index in [9.17, 15) is 9.59 Å². The first-order valence-corrected chi connectivity index (χ1v) is 11.1. The van der Waals surface area contributed by atoms with E-state index < -0.39 is 0 Å². The van der Waals surface area contributed by atoms with Gasteiger partial charge in [-0.3, -0.25) is 9.59 Å². The normalized spacial score (nSPS) is 25.2. The van der Waals surface area contributed by atoms with Crippen LogP contribution in [0.25, 0.3) is 5.52 Å². The van der Waals surface area contributed by atoms with E-state index in [0.29, 0.717) is 30.1 Å². The summed E-state index contributed by atoms with van der Waals surface area (Å²) in [6.45, 7) is 2.74. The van der Waals surface area contributed by atoms with E-state index in [1.54, 1.807) is 9.42 Å². The fraction of sp³-hybridized carbons (Fsp3) is 0.591. The van der Waals surface area contributed by atoms with Crippen LogP contribution in [0.1, 0.15) is 61.0 Å². The highest BCUT2D eigenvalue weighted by Gasteiger charge is 2.45. The molecule has 3 aliphatic carbocycles. The van der Waals surface area contributed by atoms with E-state index in [0.717, 1.165) is 17.4 Å². The van der Waals surface area contributed by atoms with Gasteiger partial charge in [0.15, 0.2) is 5.69 Å². The Hall–Kier alpha value is -1.92. The molecule has 3 fully saturated rings. The summed E-state index contributed by atoms with van der Waals surface area (Å²) in [6, 6.07) is 4.63. The topological polar surface area (TPSA) is 66.7 Å². The molecule has 1 N–H and O–H groups in total. The summed E-state index contributed by atoms with van der Waals surface area (Å²) >= 11 is 6.56. The number of carbonyl (C=O) groups is 2. The predicted octanol–water partition coefficient (Wildman–Crippen LogP) is 3.28. The van der Waals surface area contributed by atoms with Crippen molar-refractivity contribution in [3.05, 3.63) is 34.6 Å². The van der Waals surface area contributed by atoms with E-state index in [4.69, 9.17) is 11.6 Å². The number of pyridine rings is 1. The molecule has 1 amide bonds. The third-order valence-corrected chi connectivity index (χ3v) is 6.98. The Balaban J connectivity index is 1.30. The van der Waals surface area contributed by atoms with Crippen LogP contribution in [0.5, 0.6) is 0 Å². The third kappa shape index (κ3) is 3.92. The highest BCUT2D eigenvalue weighted by Crippen LogP contribution is 2.51. The molecule has 2 heterocycles. The first-order valence-electron chi connectivity index (χ1n) is 10.7. The maximum absolute atomic E-state index is 13.2. The van der Waals surface area contributed by atoms with Crippen LogP contribution in [0.15, 0.2) is 18.3 Å². The average molecular weight is 415 g/mol. The number of halogens is 1. The Morgan fingerprint density at radius 2 is 2.03 bits per heavy atom. The van der Waals surface area contributed by atoms with Gasteiger partial charge in [-0.05, 0) is 74.5 Å². The summed E-state index contributed by atoms with van der Waals surface area (Å²) in [5, 5.41) is 8.35. The van der Waals surface area contributed by atoms with Crippen LogP contribution in [-0.4, -0.2) is 51.9 Å². The summed E-state index contributed by atoms with van der Waals surface area (Å²) in [6.07, 6.45) is 8.15. The second-order valence-electron chi connectivity index (χ2n) is 9.03. The number of Topliss-reactive ketones (excluding diaryl/α,β-unsaturated/α-hetero) is 1. The Morgan fingerprint density at radius 1 is 1.28 bits per heavy atom. The van der Waals surface area contributed by atoms with Gasteiger partial charge in [-0.15, -0.1) is 0 Å². The fourth-order valence-electron chi connectivity index (χ4n) is 4.80. The van der Waals surface area contributed by atoms with Gasteiger partial charge in [-0.1, -0.05) is 11.6 Å². The molecule has 0 radical (unpaired) electrons. The minimum Gasteiger partial charge on any atom is -0.329 e. The van der Waals surface area contributed by atoms with E-state index >= 15 is 0 Å². The Labute approximate surface area is 175 Å². The van der Waals surface area contributed by atoms with Crippen LogP contribution in [0.2, 0.25) is 5.02 Å². The molecule has 0 aromatic carbocycles. The first kappa shape index (κ1) is 19.1. The van der Waals surface area contributed by atoms with Crippen molar-refractivity contribution >= 4 is 28.8 Å². The Bertz CT molecular complexity index is 957. The zero-order valence-electron chi connectivity index (χ0n) is 16.7. The van der Waals surface area contributed by atoms with Gasteiger partial charge in [0, 0.05) is 25.3 Å². The van der Waals surface area contributed by atoms with Gasteiger partial charge in [0.05, 0.1) is 17.1 Å². The van der Waals surface area contributed by atoms with Crippen molar-refractivity contribution in [2.75, 3.05) is 19.6 Å². The van der Waals surface area contributed by atoms with Crippen LogP contribution in [0.3, 0.4) is 0 Å². The maximum atomic E-state index is 13.2. The number of nitrogens with zero attached hydrogens (tertiary/aromatic N) is 3. The van der Waals surface area contributed by atoms with Crippen molar-refractivity contribution < 1.29 is 9.59 Å². The molecule has 2 atom stereocenters. The minimum absolute atomic E-state index is 0.0450. The lowest BCUT2D eigenvalue weighted by molar-refractivity contribution is -0.117. The zero-order valence-corrected chi connectivity index (χ0v) is 17.5. The van der Waals surface area contributed by atoms with Crippen LogP contribution in [0, 0.1) is 11.8 Å². The number of carbonyl (C=O) groups excluding carboxylic acids is 2. The van der Waals surface area contributed by atoms with Gasteiger partial charge >= 0.3 is 0 Å². The maximum Gasteiger partial charge on any atom is 0.276 e. The SMILES string of the molecule is CC(=O)CN(CCNC1CC2CC2C1)C(=O)c1nn2ccc(C3CC3)cc2c1Cl. The number of amides is 1. The fourth-order valence-corrected chi connectivity index (χ4v) is 5.06. The van der Waals surface area contributed by atoms with Crippen molar-refractivity contribution in [2.24, 2.45) is 11.8 Å². The second-order valence-corrected chi connectivity index (χ2v) is 9.41. The molecule has 7 heteroatoms. The lowest BCUT2D eigenvalue weighted by atomic mass is 10.1. The summed E-state index contributed by atoms with van der Waals surface area (Å²) in [5.41, 5.74) is 2.23. The molecule has 3 saturated carbocycles. The van der Waals surface area contributed by atoms with Crippen LogP contribution in [-0.2, 0) is 4.79 Å². The summed E-state index contributed by atoms with van der Waals surface area (Å²) in [5.74, 6) is 2.11. The molecule has 6 nitrogen and oxygen atoms in total. The number of nitrogens with one attached hydrogen (secondary N) is 1. The molecule has 3 aliphatic rings. The number of aromatic nitrogens is 2. The number of fused-ring (bicyclic) bond motifs is 2. The lowest BCUT2D eigenvalue weighted by Gasteiger charge is -2.22. The smallest absolute Gasteiger partial charge is 0.276 e. The van der Waals surface area contributed by atoms with Gasteiger partial charge in [0.25, 0.3) is 5.91 Å². The Kier molecular flexibility index (Phi) is 4.87. The van der Waals surface area contributed by atoms with E-state index in [2.05, 4.69) is 10.4 Å². The predicted molar refractivity (Wildman–Crippen MR) is 111 cm³/mol. The molecule has 154 valence electrons. The first-order chi connectivity index (χ1) is 14.0. The van der Waals surface area contributed by atoms with Gasteiger partial charge in [0.2, 0.25) is 0 Å². The monoisotopic (exact) mass is 414 g/mol. The molecule has 0 saturated heterocycles. The van der Waals surface area contributed by atoms with Crippen LogP contribution >= 0.6 is 11.6 Å². The molecule has 5 rings (SSSR count). The summed E-state index contributed by atoms with van der Waals surface area (Å²) in [4.78, 5) is 26.5. The zero-order chi connectivity index (χ0) is 20.1. The van der Waals surface area contributed by atoms with Gasteiger partial charge < -0.3 is 10.2 Å². The van der Waals surface area contributed by atoms with Crippen molar-refractivity contribution in [3.63, 3.8) is 0 Å². The quantitative estimate of drug-likeness (QED) is 0.719. The minimum atomic E-state index is -0.280. The highest BCUT2D eigenvalue weighted by molar-refractivity contribution is 6.36. The van der Waals surface area contributed by atoms with Gasteiger partial charge in [-0.2, -0.15) is 5.10 Å². The largest absolute Gasteiger partial charge is 0.329 e. The molecule has 0 aliphatic heterocycles. The highest BCUT2D eigenvalue weighted by atomic mass is 35.5. The van der Waals surface area contributed by atoms with Gasteiger partial charge in [-0.25, -0.2) is 4.52 Å².